The second kappa shape index (κ2) is 8.17. The molecule has 1 atom stereocenters. The highest BCUT2D eigenvalue weighted by Crippen LogP contribution is 2.31. The first-order chi connectivity index (χ1) is 14.4. The Morgan fingerprint density at radius 1 is 1.03 bits per heavy atom. The Morgan fingerprint density at radius 2 is 1.61 bits per heavy atom. The summed E-state index contributed by atoms with van der Waals surface area (Å²) in [5.74, 6) is -0.733. The van der Waals surface area contributed by atoms with Gasteiger partial charge in [-0.15, -0.1) is 0 Å². The number of amides is 4. The number of para-hydroxylation sites is 1. The average molecular weight is 422 g/mol. The molecule has 0 radical (unpaired) electrons. The van der Waals surface area contributed by atoms with Crippen molar-refractivity contribution in [2.45, 2.75) is 58.5 Å². The lowest BCUT2D eigenvalue weighted by atomic mass is 9.84. The number of rotatable bonds is 5. The summed E-state index contributed by atoms with van der Waals surface area (Å²) < 4.78 is 0. The lowest BCUT2D eigenvalue weighted by Gasteiger charge is -2.28. The molecule has 1 unspecified atom stereocenters. The molecule has 0 bridgehead atoms. The van der Waals surface area contributed by atoms with Crippen LogP contribution in [0.15, 0.2) is 54.6 Å². The van der Waals surface area contributed by atoms with E-state index < -0.39 is 17.5 Å². The highest BCUT2D eigenvalue weighted by atomic mass is 16.2. The van der Waals surface area contributed by atoms with E-state index in [1.165, 1.54) is 0 Å². The number of nitrogens with zero attached hydrogens (tertiary/aromatic N) is 2. The van der Waals surface area contributed by atoms with Gasteiger partial charge in [0.1, 0.15) is 12.1 Å². The molecule has 164 valence electrons. The van der Waals surface area contributed by atoms with Gasteiger partial charge in [-0.25, -0.2) is 4.79 Å². The predicted octanol–water partition coefficient (Wildman–Crippen LogP) is 4.19. The highest BCUT2D eigenvalue weighted by Gasteiger charge is 2.49. The van der Waals surface area contributed by atoms with Gasteiger partial charge in [0.25, 0.3) is 5.91 Å². The molecule has 4 amide bonds. The minimum Gasteiger partial charge on any atom is -0.319 e. The highest BCUT2D eigenvalue weighted by molar-refractivity contribution is 6.10. The SMILES string of the molecule is CC(C)N(C(=O)CN1C(=O)NC(C)(c2ccc(C(C)(C)C)cc2)C1=O)c1ccccc1. The van der Waals surface area contributed by atoms with Crippen molar-refractivity contribution in [3.8, 4) is 0 Å². The van der Waals surface area contributed by atoms with Gasteiger partial charge in [-0.1, -0.05) is 63.2 Å². The van der Waals surface area contributed by atoms with Gasteiger partial charge in [-0.05, 0) is 49.4 Å². The van der Waals surface area contributed by atoms with E-state index in [9.17, 15) is 14.4 Å². The summed E-state index contributed by atoms with van der Waals surface area (Å²) in [7, 11) is 0. The quantitative estimate of drug-likeness (QED) is 0.736. The predicted molar refractivity (Wildman–Crippen MR) is 122 cm³/mol. The van der Waals surface area contributed by atoms with Crippen LogP contribution in [0.2, 0.25) is 0 Å². The van der Waals surface area contributed by atoms with Gasteiger partial charge >= 0.3 is 6.03 Å². The Hall–Kier alpha value is -3.15. The summed E-state index contributed by atoms with van der Waals surface area (Å²) in [6.45, 7) is 11.5. The van der Waals surface area contributed by atoms with Gasteiger partial charge in [0.2, 0.25) is 5.91 Å². The minimum atomic E-state index is -1.21. The molecular formula is C25H31N3O3. The summed E-state index contributed by atoms with van der Waals surface area (Å²) >= 11 is 0. The Labute approximate surface area is 184 Å². The molecule has 2 aromatic rings. The Kier molecular flexibility index (Phi) is 5.94. The van der Waals surface area contributed by atoms with Crippen LogP contribution in [0.5, 0.6) is 0 Å². The molecule has 6 nitrogen and oxygen atoms in total. The van der Waals surface area contributed by atoms with Crippen LogP contribution in [0.4, 0.5) is 10.5 Å². The second-order valence-electron chi connectivity index (χ2n) is 9.47. The van der Waals surface area contributed by atoms with Crippen molar-refractivity contribution in [3.63, 3.8) is 0 Å². The molecule has 1 fully saturated rings. The van der Waals surface area contributed by atoms with E-state index in [0.717, 1.165) is 16.2 Å². The maximum absolute atomic E-state index is 13.3. The summed E-state index contributed by atoms with van der Waals surface area (Å²) in [4.78, 5) is 41.6. The Morgan fingerprint density at radius 3 is 2.13 bits per heavy atom. The van der Waals surface area contributed by atoms with Crippen LogP contribution in [0.1, 0.15) is 52.7 Å². The fraction of sp³-hybridized carbons (Fsp3) is 0.400. The molecule has 0 aliphatic carbocycles. The second-order valence-corrected chi connectivity index (χ2v) is 9.47. The number of nitrogens with one attached hydrogen (secondary N) is 1. The lowest BCUT2D eigenvalue weighted by molar-refractivity contribution is -0.134. The normalized spacial score (nSPS) is 19.0. The molecule has 31 heavy (non-hydrogen) atoms. The zero-order chi connectivity index (χ0) is 23.0. The van der Waals surface area contributed by atoms with Gasteiger partial charge in [0, 0.05) is 11.7 Å². The Bertz CT molecular complexity index is 977. The molecule has 6 heteroatoms. The number of hydrogen-bond donors (Lipinski definition) is 1. The van der Waals surface area contributed by atoms with Crippen molar-refractivity contribution < 1.29 is 14.4 Å². The lowest BCUT2D eigenvalue weighted by Crippen LogP contribution is -2.46. The fourth-order valence-electron chi connectivity index (χ4n) is 3.87. The molecule has 1 aliphatic rings. The zero-order valence-corrected chi connectivity index (χ0v) is 19.1. The van der Waals surface area contributed by atoms with Crippen LogP contribution in [0, 0.1) is 0 Å². The van der Waals surface area contributed by atoms with E-state index in [1.54, 1.807) is 11.8 Å². The van der Waals surface area contributed by atoms with Crippen LogP contribution in [-0.4, -0.2) is 35.3 Å². The van der Waals surface area contributed by atoms with E-state index >= 15 is 0 Å². The van der Waals surface area contributed by atoms with E-state index in [0.29, 0.717) is 5.56 Å². The van der Waals surface area contributed by atoms with E-state index in [4.69, 9.17) is 0 Å². The molecule has 0 spiro atoms. The van der Waals surface area contributed by atoms with Crippen molar-refractivity contribution in [2.24, 2.45) is 0 Å². The molecule has 1 aliphatic heterocycles. The summed E-state index contributed by atoms with van der Waals surface area (Å²) in [5.41, 5.74) is 1.34. The van der Waals surface area contributed by atoms with E-state index in [2.05, 4.69) is 26.1 Å². The maximum atomic E-state index is 13.3. The standard InChI is InChI=1S/C25H31N3O3/c1-17(2)28(20-10-8-7-9-11-20)21(29)16-27-22(30)25(6,26-23(27)31)19-14-12-18(13-15-19)24(3,4)5/h7-15,17H,16H2,1-6H3,(H,26,31). The number of benzene rings is 2. The molecular weight excluding hydrogens is 390 g/mol. The number of hydrogen-bond acceptors (Lipinski definition) is 3. The smallest absolute Gasteiger partial charge is 0.319 e. The van der Waals surface area contributed by atoms with Crippen molar-refractivity contribution >= 4 is 23.5 Å². The zero-order valence-electron chi connectivity index (χ0n) is 19.1. The van der Waals surface area contributed by atoms with Crippen LogP contribution >= 0.6 is 0 Å². The van der Waals surface area contributed by atoms with E-state index in [-0.39, 0.29) is 23.9 Å². The maximum Gasteiger partial charge on any atom is 0.325 e. The van der Waals surface area contributed by atoms with Crippen LogP contribution in [-0.2, 0) is 20.5 Å². The summed E-state index contributed by atoms with van der Waals surface area (Å²) in [6.07, 6.45) is 0. The van der Waals surface area contributed by atoms with Crippen molar-refractivity contribution in [1.82, 2.24) is 10.2 Å². The van der Waals surface area contributed by atoms with Gasteiger partial charge in [0.05, 0.1) is 0 Å². The van der Waals surface area contributed by atoms with Gasteiger partial charge in [-0.3, -0.25) is 14.5 Å². The van der Waals surface area contributed by atoms with Gasteiger partial charge < -0.3 is 10.2 Å². The number of carbonyl (C=O) groups excluding carboxylic acids is 3. The molecule has 3 rings (SSSR count). The van der Waals surface area contributed by atoms with Crippen LogP contribution in [0.3, 0.4) is 0 Å². The third-order valence-electron chi connectivity index (χ3n) is 5.72. The van der Waals surface area contributed by atoms with Crippen LogP contribution in [0.25, 0.3) is 0 Å². The summed E-state index contributed by atoms with van der Waals surface area (Å²) in [6, 6.07) is 16.3. The van der Waals surface area contributed by atoms with Gasteiger partial charge in [-0.2, -0.15) is 0 Å². The molecule has 2 aromatic carbocycles. The number of carbonyl (C=O) groups is 3. The first-order valence-electron chi connectivity index (χ1n) is 10.6. The number of imide groups is 1. The summed E-state index contributed by atoms with van der Waals surface area (Å²) in [5, 5.41) is 2.78. The third-order valence-corrected chi connectivity index (χ3v) is 5.72. The minimum absolute atomic E-state index is 0.0153. The third kappa shape index (κ3) is 4.33. The number of anilines is 1. The molecule has 0 saturated carbocycles. The topological polar surface area (TPSA) is 69.7 Å². The van der Waals surface area contributed by atoms with Crippen molar-refractivity contribution in [1.29, 1.82) is 0 Å². The van der Waals surface area contributed by atoms with Gasteiger partial charge in [0.15, 0.2) is 0 Å². The monoisotopic (exact) mass is 421 g/mol. The fourth-order valence-corrected chi connectivity index (χ4v) is 3.87. The first kappa shape index (κ1) is 22.5. The molecule has 1 saturated heterocycles. The van der Waals surface area contributed by atoms with Crippen LogP contribution < -0.4 is 10.2 Å². The largest absolute Gasteiger partial charge is 0.325 e. The molecule has 1 N–H and O–H groups in total. The van der Waals surface area contributed by atoms with Crippen molar-refractivity contribution in [2.75, 3.05) is 11.4 Å². The molecule has 1 heterocycles. The Balaban J connectivity index is 1.83. The average Bonchev–Trinajstić information content (AvgIpc) is 2.92. The van der Waals surface area contributed by atoms with Crippen molar-refractivity contribution in [3.05, 3.63) is 65.7 Å². The molecule has 0 aromatic heterocycles. The van der Waals surface area contributed by atoms with E-state index in [1.807, 2.05) is 68.4 Å². The number of urea groups is 1. The first-order valence-corrected chi connectivity index (χ1v) is 10.6.